The highest BCUT2D eigenvalue weighted by Crippen LogP contribution is 2.27. The van der Waals surface area contributed by atoms with Gasteiger partial charge >= 0.3 is 0 Å². The lowest BCUT2D eigenvalue weighted by Gasteiger charge is -2.23. The van der Waals surface area contributed by atoms with Gasteiger partial charge in [0.25, 0.3) is 0 Å². The zero-order chi connectivity index (χ0) is 23.7. The van der Waals surface area contributed by atoms with Crippen molar-refractivity contribution in [1.29, 1.82) is 0 Å². The summed E-state index contributed by atoms with van der Waals surface area (Å²) in [5.74, 6) is -0.496. The molecule has 0 aliphatic heterocycles. The van der Waals surface area contributed by atoms with Crippen LogP contribution >= 0.6 is 27.3 Å². The average Bonchev–Trinajstić information content (AvgIpc) is 3.16. The molecule has 0 fully saturated rings. The maximum Gasteiger partial charge on any atom is 0.243 e. The Morgan fingerprint density at radius 3 is 2.22 bits per heavy atom. The molecule has 0 aliphatic rings. The first-order valence-electron chi connectivity index (χ1n) is 10.5. The van der Waals surface area contributed by atoms with Crippen molar-refractivity contribution in [2.24, 2.45) is 5.41 Å². The minimum atomic E-state index is -0.495. The van der Waals surface area contributed by atoms with Gasteiger partial charge in [-0.3, -0.25) is 19.6 Å². The fourth-order valence-corrected chi connectivity index (χ4v) is 4.36. The van der Waals surface area contributed by atoms with Gasteiger partial charge in [-0.2, -0.15) is 0 Å². The molecule has 3 N–H and O–H groups in total. The molecule has 1 aromatic heterocycles. The first kappa shape index (κ1) is 26.0. The molecule has 0 atom stereocenters. The molecule has 1 heterocycles. The van der Waals surface area contributed by atoms with E-state index in [1.54, 1.807) is 33.8 Å². The van der Waals surface area contributed by atoms with Crippen LogP contribution in [0.2, 0.25) is 0 Å². The maximum absolute atomic E-state index is 13.0. The molecule has 0 spiro atoms. The van der Waals surface area contributed by atoms with E-state index in [0.29, 0.717) is 31.5 Å². The number of amides is 3. The third-order valence-electron chi connectivity index (χ3n) is 4.78. The SMILES string of the molecule is CC(C)(C)C(=O)Nc1ccc(N(Cc2ccc(Br)s2)C(=O)CCCCCC(=O)NO)cc1. The van der Waals surface area contributed by atoms with Gasteiger partial charge in [-0.05, 0) is 65.2 Å². The van der Waals surface area contributed by atoms with Crippen molar-refractivity contribution in [3.8, 4) is 0 Å². The highest BCUT2D eigenvalue weighted by atomic mass is 79.9. The van der Waals surface area contributed by atoms with Crippen molar-refractivity contribution < 1.29 is 19.6 Å². The zero-order valence-electron chi connectivity index (χ0n) is 18.6. The van der Waals surface area contributed by atoms with Crippen LogP contribution in [0.3, 0.4) is 0 Å². The number of benzene rings is 1. The number of carbonyl (C=O) groups excluding carboxylic acids is 3. The van der Waals surface area contributed by atoms with Gasteiger partial charge in [0.2, 0.25) is 17.7 Å². The van der Waals surface area contributed by atoms with Gasteiger partial charge in [0.15, 0.2) is 0 Å². The molecule has 9 heteroatoms. The summed E-state index contributed by atoms with van der Waals surface area (Å²) < 4.78 is 1.00. The lowest BCUT2D eigenvalue weighted by Crippen LogP contribution is -2.30. The minimum Gasteiger partial charge on any atom is -0.326 e. The number of anilines is 2. The molecular weight excluding hydrogens is 494 g/mol. The third-order valence-corrected chi connectivity index (χ3v) is 6.39. The molecule has 2 aromatic rings. The molecule has 0 unspecified atom stereocenters. The molecule has 3 amide bonds. The van der Waals surface area contributed by atoms with E-state index in [9.17, 15) is 14.4 Å². The van der Waals surface area contributed by atoms with Crippen LogP contribution in [0, 0.1) is 5.41 Å². The van der Waals surface area contributed by atoms with Crippen LogP contribution in [-0.2, 0) is 20.9 Å². The van der Waals surface area contributed by atoms with Gasteiger partial charge in [-0.1, -0.05) is 27.2 Å². The smallest absolute Gasteiger partial charge is 0.243 e. The summed E-state index contributed by atoms with van der Waals surface area (Å²) in [6, 6.07) is 11.2. The third kappa shape index (κ3) is 8.37. The Labute approximate surface area is 201 Å². The summed E-state index contributed by atoms with van der Waals surface area (Å²) in [4.78, 5) is 39.1. The number of thiophene rings is 1. The van der Waals surface area contributed by atoms with E-state index < -0.39 is 11.3 Å². The molecule has 0 radical (unpaired) electrons. The quantitative estimate of drug-likeness (QED) is 0.218. The lowest BCUT2D eigenvalue weighted by molar-refractivity contribution is -0.129. The van der Waals surface area contributed by atoms with E-state index in [1.165, 1.54) is 0 Å². The van der Waals surface area contributed by atoms with Gasteiger partial charge in [-0.15, -0.1) is 11.3 Å². The second-order valence-corrected chi connectivity index (χ2v) is 11.1. The summed E-state index contributed by atoms with van der Waals surface area (Å²) in [5.41, 5.74) is 2.56. The highest BCUT2D eigenvalue weighted by Gasteiger charge is 2.22. The fraction of sp³-hybridized carbons (Fsp3) is 0.435. The summed E-state index contributed by atoms with van der Waals surface area (Å²) in [7, 11) is 0. The number of carbonyl (C=O) groups is 3. The molecule has 1 aromatic carbocycles. The number of nitrogens with one attached hydrogen (secondary N) is 2. The van der Waals surface area contributed by atoms with Crippen molar-refractivity contribution in [3.05, 3.63) is 45.1 Å². The minimum absolute atomic E-state index is 0.00684. The molecule has 32 heavy (non-hydrogen) atoms. The van der Waals surface area contributed by atoms with Gasteiger partial charge < -0.3 is 10.2 Å². The summed E-state index contributed by atoms with van der Waals surface area (Å²) in [5, 5.41) is 11.4. The number of halogens is 1. The largest absolute Gasteiger partial charge is 0.326 e. The molecule has 0 saturated heterocycles. The second-order valence-electron chi connectivity index (χ2n) is 8.53. The first-order chi connectivity index (χ1) is 15.1. The Morgan fingerprint density at radius 1 is 1.00 bits per heavy atom. The van der Waals surface area contributed by atoms with Crippen molar-refractivity contribution in [2.75, 3.05) is 10.2 Å². The molecule has 2 rings (SSSR count). The Morgan fingerprint density at radius 2 is 1.66 bits per heavy atom. The standard InChI is InChI=1S/C23H30BrN3O4S/c1-23(2,3)22(30)25-16-9-11-17(12-10-16)27(15-18-13-14-19(24)32-18)21(29)8-6-4-5-7-20(28)26-31/h9-14,31H,4-8,15H2,1-3H3,(H,25,30)(H,26,28). The zero-order valence-corrected chi connectivity index (χ0v) is 21.0. The molecular formula is C23H30BrN3O4S. The van der Waals surface area contributed by atoms with E-state index in [4.69, 9.17) is 5.21 Å². The van der Waals surface area contributed by atoms with E-state index in [1.807, 2.05) is 45.0 Å². The van der Waals surface area contributed by atoms with Gasteiger partial charge in [-0.25, -0.2) is 5.48 Å². The molecule has 7 nitrogen and oxygen atoms in total. The van der Waals surface area contributed by atoms with E-state index >= 15 is 0 Å². The normalized spacial score (nSPS) is 11.2. The molecule has 174 valence electrons. The van der Waals surface area contributed by atoms with Crippen LogP contribution in [0.4, 0.5) is 11.4 Å². The number of hydroxylamine groups is 1. The molecule has 0 aliphatic carbocycles. The Balaban J connectivity index is 2.06. The van der Waals surface area contributed by atoms with Gasteiger partial charge in [0.05, 0.1) is 10.3 Å². The second kappa shape index (κ2) is 12.1. The van der Waals surface area contributed by atoms with Crippen molar-refractivity contribution in [2.45, 2.75) is 59.4 Å². The van der Waals surface area contributed by atoms with E-state index in [-0.39, 0.29) is 18.2 Å². The summed E-state index contributed by atoms with van der Waals surface area (Å²) in [6.07, 6.45) is 2.58. The van der Waals surface area contributed by atoms with Gasteiger partial charge in [0.1, 0.15) is 0 Å². The van der Waals surface area contributed by atoms with Crippen LogP contribution in [0.1, 0.15) is 57.8 Å². The maximum atomic E-state index is 13.0. The summed E-state index contributed by atoms with van der Waals surface area (Å²) >= 11 is 5.04. The van der Waals surface area contributed by atoms with Gasteiger partial charge in [0, 0.05) is 34.5 Å². The highest BCUT2D eigenvalue weighted by molar-refractivity contribution is 9.11. The number of rotatable bonds is 10. The number of nitrogens with zero attached hydrogens (tertiary/aromatic N) is 1. The van der Waals surface area contributed by atoms with Crippen molar-refractivity contribution >= 4 is 56.4 Å². The lowest BCUT2D eigenvalue weighted by atomic mass is 9.95. The van der Waals surface area contributed by atoms with E-state index in [0.717, 1.165) is 20.8 Å². The van der Waals surface area contributed by atoms with Crippen LogP contribution in [0.5, 0.6) is 0 Å². The monoisotopic (exact) mass is 523 g/mol. The van der Waals surface area contributed by atoms with E-state index in [2.05, 4.69) is 21.2 Å². The van der Waals surface area contributed by atoms with Crippen LogP contribution < -0.4 is 15.7 Å². The molecule has 0 saturated carbocycles. The van der Waals surface area contributed by atoms with Crippen LogP contribution in [0.15, 0.2) is 40.2 Å². The van der Waals surface area contributed by atoms with Crippen molar-refractivity contribution in [1.82, 2.24) is 5.48 Å². The van der Waals surface area contributed by atoms with Crippen molar-refractivity contribution in [3.63, 3.8) is 0 Å². The molecule has 0 bridgehead atoms. The first-order valence-corrected chi connectivity index (χ1v) is 12.1. The topological polar surface area (TPSA) is 98.7 Å². The Bertz CT molecular complexity index is 922. The summed E-state index contributed by atoms with van der Waals surface area (Å²) in [6.45, 7) is 6.02. The predicted molar refractivity (Wildman–Crippen MR) is 131 cm³/mol. The Hall–Kier alpha value is -2.23. The number of unbranched alkanes of at least 4 members (excludes halogenated alkanes) is 2. The fourth-order valence-electron chi connectivity index (χ4n) is 2.89. The van der Waals surface area contributed by atoms with Crippen LogP contribution in [-0.4, -0.2) is 22.9 Å². The average molecular weight is 524 g/mol. The predicted octanol–water partition coefficient (Wildman–Crippen LogP) is 5.48. The van der Waals surface area contributed by atoms with Crippen LogP contribution in [0.25, 0.3) is 0 Å². The Kier molecular flexibility index (Phi) is 9.86. The number of hydrogen-bond acceptors (Lipinski definition) is 5. The number of hydrogen-bond donors (Lipinski definition) is 3.